The standard InChI is InChI=1S/C14H21N5S/c1-10(2)12(9-18(3)4)19-13(16-17-14(19)20)11-6-5-7-15-8-11/h5-8,10,12H,9H2,1-4H3,(H,17,20). The van der Waals surface area contributed by atoms with Crippen LogP contribution in [-0.4, -0.2) is 45.3 Å². The molecule has 2 rings (SSSR count). The van der Waals surface area contributed by atoms with E-state index < -0.39 is 0 Å². The molecule has 0 aliphatic carbocycles. The second-order valence-corrected chi connectivity index (χ2v) is 5.92. The second-order valence-electron chi connectivity index (χ2n) is 5.54. The van der Waals surface area contributed by atoms with Crippen molar-refractivity contribution >= 4 is 12.2 Å². The molecule has 2 aromatic heterocycles. The minimum absolute atomic E-state index is 0.270. The maximum atomic E-state index is 5.43. The Labute approximate surface area is 124 Å². The SMILES string of the molecule is CC(C)C(CN(C)C)n1c(-c2cccnc2)n[nH]c1=S. The van der Waals surface area contributed by atoms with Gasteiger partial charge in [-0.1, -0.05) is 13.8 Å². The van der Waals surface area contributed by atoms with Crippen molar-refractivity contribution < 1.29 is 0 Å². The van der Waals surface area contributed by atoms with Crippen LogP contribution in [0.1, 0.15) is 19.9 Å². The van der Waals surface area contributed by atoms with Crippen LogP contribution in [0.25, 0.3) is 11.4 Å². The van der Waals surface area contributed by atoms with Gasteiger partial charge in [0.15, 0.2) is 10.6 Å². The lowest BCUT2D eigenvalue weighted by Gasteiger charge is -2.26. The number of aromatic nitrogens is 4. The van der Waals surface area contributed by atoms with Gasteiger partial charge in [0.1, 0.15) is 0 Å². The zero-order chi connectivity index (χ0) is 14.7. The molecule has 1 unspecified atom stereocenters. The molecule has 0 aliphatic rings. The summed E-state index contributed by atoms with van der Waals surface area (Å²) in [6, 6.07) is 4.18. The third kappa shape index (κ3) is 3.13. The molecule has 5 nitrogen and oxygen atoms in total. The number of aromatic amines is 1. The number of rotatable bonds is 5. The fraction of sp³-hybridized carbons (Fsp3) is 0.500. The first-order chi connectivity index (χ1) is 9.50. The summed E-state index contributed by atoms with van der Waals surface area (Å²) in [6.45, 7) is 5.32. The lowest BCUT2D eigenvalue weighted by atomic mass is 10.0. The van der Waals surface area contributed by atoms with E-state index in [1.807, 2.05) is 18.3 Å². The Hall–Kier alpha value is -1.53. The Bertz CT molecular complexity index is 600. The molecule has 6 heteroatoms. The smallest absolute Gasteiger partial charge is 0.195 e. The number of nitrogens with one attached hydrogen (secondary N) is 1. The average molecular weight is 291 g/mol. The molecule has 0 spiro atoms. The molecule has 0 saturated carbocycles. The molecule has 108 valence electrons. The molecule has 0 saturated heterocycles. The lowest BCUT2D eigenvalue weighted by Crippen LogP contribution is -2.28. The molecule has 0 bridgehead atoms. The molecule has 20 heavy (non-hydrogen) atoms. The molecule has 2 aromatic rings. The van der Waals surface area contributed by atoms with Gasteiger partial charge in [0, 0.05) is 24.5 Å². The molecule has 2 heterocycles. The van der Waals surface area contributed by atoms with Crippen molar-refractivity contribution in [1.29, 1.82) is 0 Å². The molecule has 0 radical (unpaired) electrons. The van der Waals surface area contributed by atoms with E-state index in [-0.39, 0.29) is 6.04 Å². The van der Waals surface area contributed by atoms with Crippen molar-refractivity contribution in [1.82, 2.24) is 24.6 Å². The van der Waals surface area contributed by atoms with E-state index in [1.54, 1.807) is 6.20 Å². The van der Waals surface area contributed by atoms with E-state index in [1.165, 1.54) is 0 Å². The molecule has 0 aliphatic heterocycles. The van der Waals surface area contributed by atoms with E-state index in [0.29, 0.717) is 10.7 Å². The van der Waals surface area contributed by atoms with Gasteiger partial charge in [-0.25, -0.2) is 0 Å². The van der Waals surface area contributed by atoms with Gasteiger partial charge < -0.3 is 4.90 Å². The summed E-state index contributed by atoms with van der Waals surface area (Å²) in [6.07, 6.45) is 3.57. The van der Waals surface area contributed by atoms with Crippen LogP contribution in [-0.2, 0) is 0 Å². The molecule has 0 aromatic carbocycles. The van der Waals surface area contributed by atoms with Crippen LogP contribution in [0.5, 0.6) is 0 Å². The van der Waals surface area contributed by atoms with Gasteiger partial charge in [-0.05, 0) is 44.4 Å². The van der Waals surface area contributed by atoms with Gasteiger partial charge in [-0.2, -0.15) is 5.10 Å². The first kappa shape index (κ1) is 14.9. The van der Waals surface area contributed by atoms with Crippen LogP contribution >= 0.6 is 12.2 Å². The lowest BCUT2D eigenvalue weighted by molar-refractivity contribution is 0.269. The molecule has 0 fully saturated rings. The van der Waals surface area contributed by atoms with Crippen molar-refractivity contribution in [3.8, 4) is 11.4 Å². The van der Waals surface area contributed by atoms with Gasteiger partial charge in [0.05, 0.1) is 6.04 Å². The maximum absolute atomic E-state index is 5.43. The third-order valence-electron chi connectivity index (χ3n) is 3.28. The highest BCUT2D eigenvalue weighted by Crippen LogP contribution is 2.25. The molecule has 0 amide bonds. The highest BCUT2D eigenvalue weighted by Gasteiger charge is 2.22. The van der Waals surface area contributed by atoms with Crippen LogP contribution in [0.4, 0.5) is 0 Å². The van der Waals surface area contributed by atoms with Crippen molar-refractivity contribution in [3.05, 3.63) is 29.3 Å². The number of hydrogen-bond donors (Lipinski definition) is 1. The molecule has 1 atom stereocenters. The Morgan fingerprint density at radius 2 is 2.15 bits per heavy atom. The van der Waals surface area contributed by atoms with E-state index in [4.69, 9.17) is 12.2 Å². The fourth-order valence-corrected chi connectivity index (χ4v) is 2.54. The Kier molecular flexibility index (Phi) is 4.67. The number of hydrogen-bond acceptors (Lipinski definition) is 4. The first-order valence-corrected chi connectivity index (χ1v) is 7.13. The summed E-state index contributed by atoms with van der Waals surface area (Å²) in [5, 5.41) is 7.30. The monoisotopic (exact) mass is 291 g/mol. The summed E-state index contributed by atoms with van der Waals surface area (Å²) in [5.41, 5.74) is 0.976. The minimum Gasteiger partial charge on any atom is -0.307 e. The summed E-state index contributed by atoms with van der Waals surface area (Å²) >= 11 is 5.43. The van der Waals surface area contributed by atoms with E-state index in [2.05, 4.69) is 52.6 Å². The van der Waals surface area contributed by atoms with Gasteiger partial charge in [-0.15, -0.1) is 0 Å². The van der Waals surface area contributed by atoms with Crippen molar-refractivity contribution in [3.63, 3.8) is 0 Å². The quantitative estimate of drug-likeness (QED) is 0.861. The minimum atomic E-state index is 0.270. The number of H-pyrrole nitrogens is 1. The zero-order valence-corrected chi connectivity index (χ0v) is 13.2. The van der Waals surface area contributed by atoms with Gasteiger partial charge in [0.25, 0.3) is 0 Å². The van der Waals surface area contributed by atoms with Crippen molar-refractivity contribution in [2.75, 3.05) is 20.6 Å². The topological polar surface area (TPSA) is 49.7 Å². The van der Waals surface area contributed by atoms with E-state index in [0.717, 1.165) is 17.9 Å². The molecule has 1 N–H and O–H groups in total. The van der Waals surface area contributed by atoms with Crippen molar-refractivity contribution in [2.24, 2.45) is 5.92 Å². The van der Waals surface area contributed by atoms with Crippen LogP contribution in [0.3, 0.4) is 0 Å². The Balaban J connectivity index is 2.50. The van der Waals surface area contributed by atoms with E-state index >= 15 is 0 Å². The van der Waals surface area contributed by atoms with Crippen LogP contribution in [0.15, 0.2) is 24.5 Å². The Morgan fingerprint density at radius 1 is 1.40 bits per heavy atom. The number of nitrogens with zero attached hydrogens (tertiary/aromatic N) is 4. The summed E-state index contributed by atoms with van der Waals surface area (Å²) < 4.78 is 2.77. The average Bonchev–Trinajstić information content (AvgIpc) is 2.78. The van der Waals surface area contributed by atoms with Crippen LogP contribution in [0.2, 0.25) is 0 Å². The summed E-state index contributed by atoms with van der Waals surface area (Å²) in [7, 11) is 4.14. The maximum Gasteiger partial charge on any atom is 0.195 e. The second kappa shape index (κ2) is 6.28. The normalized spacial score (nSPS) is 13.1. The highest BCUT2D eigenvalue weighted by atomic mass is 32.1. The van der Waals surface area contributed by atoms with Crippen LogP contribution in [0, 0.1) is 10.7 Å². The molecular formula is C14H21N5S. The third-order valence-corrected chi connectivity index (χ3v) is 3.57. The fourth-order valence-electron chi connectivity index (χ4n) is 2.28. The first-order valence-electron chi connectivity index (χ1n) is 6.72. The largest absolute Gasteiger partial charge is 0.307 e. The van der Waals surface area contributed by atoms with Gasteiger partial charge in [0.2, 0.25) is 0 Å². The van der Waals surface area contributed by atoms with Gasteiger partial charge in [-0.3, -0.25) is 14.6 Å². The zero-order valence-electron chi connectivity index (χ0n) is 12.4. The summed E-state index contributed by atoms with van der Waals surface area (Å²) in [4.78, 5) is 6.34. The van der Waals surface area contributed by atoms with Crippen molar-refractivity contribution in [2.45, 2.75) is 19.9 Å². The van der Waals surface area contributed by atoms with Gasteiger partial charge >= 0.3 is 0 Å². The number of likely N-dealkylation sites (N-methyl/N-ethyl adjacent to an activating group) is 1. The predicted octanol–water partition coefficient (Wildman–Crippen LogP) is 2.76. The van der Waals surface area contributed by atoms with E-state index in [9.17, 15) is 0 Å². The Morgan fingerprint density at radius 3 is 2.70 bits per heavy atom. The molecular weight excluding hydrogens is 270 g/mol. The number of pyridine rings is 1. The van der Waals surface area contributed by atoms with Crippen LogP contribution < -0.4 is 0 Å². The highest BCUT2D eigenvalue weighted by molar-refractivity contribution is 7.71. The predicted molar refractivity (Wildman–Crippen MR) is 83.1 cm³/mol. The summed E-state index contributed by atoms with van der Waals surface area (Å²) in [5.74, 6) is 1.31.